The van der Waals surface area contributed by atoms with E-state index in [1.165, 1.54) is 19.3 Å². The van der Waals surface area contributed by atoms with Gasteiger partial charge in [0.2, 0.25) is 0 Å². The summed E-state index contributed by atoms with van der Waals surface area (Å²) in [5.41, 5.74) is 1.90. The summed E-state index contributed by atoms with van der Waals surface area (Å²) in [4.78, 5) is 14.3. The van der Waals surface area contributed by atoms with Crippen LogP contribution in [-0.2, 0) is 0 Å². The van der Waals surface area contributed by atoms with Crippen LogP contribution in [0.1, 0.15) is 55.7 Å². The summed E-state index contributed by atoms with van der Waals surface area (Å²) in [6, 6.07) is 0.0453. The van der Waals surface area contributed by atoms with Crippen LogP contribution in [0.4, 0.5) is 4.79 Å². The molecule has 1 atom stereocenters. The van der Waals surface area contributed by atoms with Gasteiger partial charge in [0.15, 0.2) is 0 Å². The molecule has 0 spiro atoms. The van der Waals surface area contributed by atoms with Crippen molar-refractivity contribution in [3.05, 3.63) is 17.0 Å². The highest BCUT2D eigenvalue weighted by Crippen LogP contribution is 2.38. The van der Waals surface area contributed by atoms with Crippen LogP contribution in [0.2, 0.25) is 0 Å². The monoisotopic (exact) mass is 291 g/mol. The zero-order valence-corrected chi connectivity index (χ0v) is 13.2. The minimum atomic E-state index is -0.00787. The van der Waals surface area contributed by atoms with Crippen molar-refractivity contribution in [3.63, 3.8) is 0 Å². The summed E-state index contributed by atoms with van der Waals surface area (Å²) in [6.07, 6.45) is 4.93. The average Bonchev–Trinajstić information content (AvgIpc) is 2.67. The molecule has 1 unspecified atom stereocenters. The van der Waals surface area contributed by atoms with Crippen LogP contribution in [0.25, 0.3) is 0 Å². The first-order valence-electron chi connectivity index (χ1n) is 8.08. The molecule has 1 N–H and O–H groups in total. The summed E-state index contributed by atoms with van der Waals surface area (Å²) in [6.45, 7) is 7.75. The van der Waals surface area contributed by atoms with Crippen LogP contribution in [-0.4, -0.2) is 29.2 Å². The standard InChI is InChI=1S/C16H25N3O2/c1-4-14(15-10(2)18-21-11(15)3)17-16(20)19-8-13(9-19)12-6-5-7-12/h12-14H,4-9H2,1-3H3,(H,17,20). The Labute approximate surface area is 126 Å². The lowest BCUT2D eigenvalue weighted by molar-refractivity contribution is 0.0506. The minimum Gasteiger partial charge on any atom is -0.361 e. The second kappa shape index (κ2) is 5.70. The van der Waals surface area contributed by atoms with Crippen molar-refractivity contribution in [1.29, 1.82) is 0 Å². The zero-order chi connectivity index (χ0) is 15.0. The van der Waals surface area contributed by atoms with Crippen molar-refractivity contribution in [2.45, 2.75) is 52.5 Å². The van der Waals surface area contributed by atoms with Gasteiger partial charge in [-0.05, 0) is 32.1 Å². The van der Waals surface area contributed by atoms with E-state index in [0.717, 1.165) is 48.4 Å². The lowest BCUT2D eigenvalue weighted by Gasteiger charge is -2.46. The van der Waals surface area contributed by atoms with Gasteiger partial charge in [-0.15, -0.1) is 0 Å². The number of aryl methyl sites for hydroxylation is 2. The van der Waals surface area contributed by atoms with Gasteiger partial charge in [-0.1, -0.05) is 31.3 Å². The number of hydrogen-bond acceptors (Lipinski definition) is 3. The van der Waals surface area contributed by atoms with E-state index in [0.29, 0.717) is 0 Å². The van der Waals surface area contributed by atoms with Crippen LogP contribution < -0.4 is 5.32 Å². The normalized spacial score (nSPS) is 20.8. The number of likely N-dealkylation sites (tertiary alicyclic amines) is 1. The van der Waals surface area contributed by atoms with E-state index in [-0.39, 0.29) is 12.1 Å². The molecule has 2 heterocycles. The van der Waals surface area contributed by atoms with Gasteiger partial charge in [-0.3, -0.25) is 0 Å². The van der Waals surface area contributed by atoms with Crippen LogP contribution in [0.5, 0.6) is 0 Å². The van der Waals surface area contributed by atoms with Crippen LogP contribution >= 0.6 is 0 Å². The van der Waals surface area contributed by atoms with Gasteiger partial charge >= 0.3 is 6.03 Å². The fraction of sp³-hybridized carbons (Fsp3) is 0.750. The highest BCUT2D eigenvalue weighted by molar-refractivity contribution is 5.75. The molecule has 1 aliphatic carbocycles. The Kier molecular flexibility index (Phi) is 3.91. The number of nitrogens with one attached hydrogen (secondary N) is 1. The Balaban J connectivity index is 1.56. The molecular formula is C16H25N3O2. The molecule has 3 rings (SSSR count). The molecule has 2 amide bonds. The van der Waals surface area contributed by atoms with E-state index in [1.807, 2.05) is 18.7 Å². The highest BCUT2D eigenvalue weighted by atomic mass is 16.5. The maximum Gasteiger partial charge on any atom is 0.317 e. The van der Waals surface area contributed by atoms with Gasteiger partial charge < -0.3 is 14.7 Å². The summed E-state index contributed by atoms with van der Waals surface area (Å²) < 4.78 is 5.22. The number of hydrogen-bond donors (Lipinski definition) is 1. The number of carbonyl (C=O) groups is 1. The van der Waals surface area contributed by atoms with Gasteiger partial charge in [-0.2, -0.15) is 0 Å². The molecule has 1 aliphatic heterocycles. The molecule has 2 aliphatic rings. The second-order valence-corrected chi connectivity index (χ2v) is 6.50. The lowest BCUT2D eigenvalue weighted by Crippen LogP contribution is -2.57. The van der Waals surface area contributed by atoms with Gasteiger partial charge in [0.25, 0.3) is 0 Å². The van der Waals surface area contributed by atoms with E-state index < -0.39 is 0 Å². The summed E-state index contributed by atoms with van der Waals surface area (Å²) in [7, 11) is 0. The molecule has 0 bridgehead atoms. The molecule has 1 aromatic rings. The third-order valence-corrected chi connectivity index (χ3v) is 5.16. The van der Waals surface area contributed by atoms with Crippen LogP contribution in [0, 0.1) is 25.7 Å². The molecule has 2 fully saturated rings. The number of urea groups is 1. The predicted molar refractivity (Wildman–Crippen MR) is 79.9 cm³/mol. The number of carbonyl (C=O) groups excluding carboxylic acids is 1. The number of aromatic nitrogens is 1. The fourth-order valence-electron chi connectivity index (χ4n) is 3.49. The molecule has 1 aromatic heterocycles. The number of amides is 2. The van der Waals surface area contributed by atoms with Gasteiger partial charge in [0.1, 0.15) is 5.76 Å². The Bertz CT molecular complexity index is 496. The molecule has 1 saturated carbocycles. The van der Waals surface area contributed by atoms with E-state index in [4.69, 9.17) is 4.52 Å². The molecule has 21 heavy (non-hydrogen) atoms. The highest BCUT2D eigenvalue weighted by Gasteiger charge is 2.39. The molecular weight excluding hydrogens is 266 g/mol. The zero-order valence-electron chi connectivity index (χ0n) is 13.2. The Morgan fingerprint density at radius 1 is 1.38 bits per heavy atom. The first-order valence-corrected chi connectivity index (χ1v) is 8.08. The largest absolute Gasteiger partial charge is 0.361 e. The van der Waals surface area contributed by atoms with Crippen LogP contribution in [0.15, 0.2) is 4.52 Å². The maximum atomic E-state index is 12.4. The molecule has 0 radical (unpaired) electrons. The van der Waals surface area contributed by atoms with Crippen molar-refractivity contribution < 1.29 is 9.32 Å². The van der Waals surface area contributed by atoms with E-state index in [9.17, 15) is 4.79 Å². The van der Waals surface area contributed by atoms with Gasteiger partial charge in [-0.25, -0.2) is 4.79 Å². The van der Waals surface area contributed by atoms with Crippen molar-refractivity contribution >= 4 is 6.03 Å². The second-order valence-electron chi connectivity index (χ2n) is 6.50. The Morgan fingerprint density at radius 3 is 2.57 bits per heavy atom. The third kappa shape index (κ3) is 2.65. The minimum absolute atomic E-state index is 0.00787. The van der Waals surface area contributed by atoms with Gasteiger partial charge in [0.05, 0.1) is 11.7 Å². The number of rotatable bonds is 4. The fourth-order valence-corrected chi connectivity index (χ4v) is 3.49. The Hall–Kier alpha value is -1.52. The van der Waals surface area contributed by atoms with E-state index in [2.05, 4.69) is 17.4 Å². The van der Waals surface area contributed by atoms with Crippen molar-refractivity contribution in [2.24, 2.45) is 11.8 Å². The van der Waals surface area contributed by atoms with E-state index >= 15 is 0 Å². The topological polar surface area (TPSA) is 58.4 Å². The predicted octanol–water partition coefficient (Wildman–Crippen LogP) is 3.18. The Morgan fingerprint density at radius 2 is 2.10 bits per heavy atom. The SMILES string of the molecule is CCC(NC(=O)N1CC(C2CCC2)C1)c1c(C)noc1C. The molecule has 5 heteroatoms. The first kappa shape index (κ1) is 14.4. The lowest BCUT2D eigenvalue weighted by atomic mass is 9.73. The summed E-state index contributed by atoms with van der Waals surface area (Å²) >= 11 is 0. The first-order chi connectivity index (χ1) is 10.1. The maximum absolute atomic E-state index is 12.4. The molecule has 116 valence electrons. The van der Waals surface area contributed by atoms with E-state index in [1.54, 1.807) is 0 Å². The average molecular weight is 291 g/mol. The molecule has 0 aromatic carbocycles. The smallest absolute Gasteiger partial charge is 0.317 e. The van der Waals surface area contributed by atoms with Crippen molar-refractivity contribution in [2.75, 3.05) is 13.1 Å². The van der Waals surface area contributed by atoms with Gasteiger partial charge in [0, 0.05) is 18.7 Å². The van der Waals surface area contributed by atoms with Crippen LogP contribution in [0.3, 0.4) is 0 Å². The van der Waals surface area contributed by atoms with Crippen molar-refractivity contribution in [1.82, 2.24) is 15.4 Å². The quantitative estimate of drug-likeness (QED) is 0.927. The summed E-state index contributed by atoms with van der Waals surface area (Å²) in [5.74, 6) is 2.41. The molecule has 1 saturated heterocycles. The number of nitrogens with zero attached hydrogens (tertiary/aromatic N) is 2. The third-order valence-electron chi connectivity index (χ3n) is 5.16. The van der Waals surface area contributed by atoms with Crippen molar-refractivity contribution in [3.8, 4) is 0 Å². The summed E-state index contributed by atoms with van der Waals surface area (Å²) in [5, 5.41) is 7.12. The molecule has 5 nitrogen and oxygen atoms in total.